The molecule has 1 aliphatic rings. The van der Waals surface area contributed by atoms with Gasteiger partial charge in [-0.15, -0.1) is 0 Å². The standard InChI is InChI=1S/C10H15N3O2/c11-9(8-3-5-15-7-8)6-13-10(14)2-1-4-12-13/h1-2,4,8-9H,3,5-7,11H2. The third kappa shape index (κ3) is 2.43. The highest BCUT2D eigenvalue weighted by Gasteiger charge is 2.23. The normalized spacial score (nSPS) is 22.9. The minimum Gasteiger partial charge on any atom is -0.381 e. The van der Waals surface area contributed by atoms with Crippen LogP contribution in [-0.2, 0) is 11.3 Å². The maximum absolute atomic E-state index is 11.4. The second kappa shape index (κ2) is 4.55. The highest BCUT2D eigenvalue weighted by Crippen LogP contribution is 2.15. The molecule has 1 aromatic rings. The van der Waals surface area contributed by atoms with Crippen LogP contribution in [0.25, 0.3) is 0 Å². The highest BCUT2D eigenvalue weighted by atomic mass is 16.5. The predicted molar refractivity (Wildman–Crippen MR) is 55.4 cm³/mol. The minimum absolute atomic E-state index is 0.0555. The van der Waals surface area contributed by atoms with Crippen LogP contribution in [0, 0.1) is 5.92 Å². The third-order valence-corrected chi connectivity index (χ3v) is 2.74. The molecule has 2 unspecified atom stereocenters. The van der Waals surface area contributed by atoms with E-state index in [0.717, 1.165) is 13.0 Å². The van der Waals surface area contributed by atoms with E-state index in [2.05, 4.69) is 5.10 Å². The molecule has 2 heterocycles. The van der Waals surface area contributed by atoms with Gasteiger partial charge in [0, 0.05) is 30.8 Å². The molecule has 2 N–H and O–H groups in total. The Hall–Kier alpha value is -1.20. The average Bonchev–Trinajstić information content (AvgIpc) is 2.74. The van der Waals surface area contributed by atoms with Gasteiger partial charge >= 0.3 is 0 Å². The van der Waals surface area contributed by atoms with E-state index in [9.17, 15) is 4.79 Å². The van der Waals surface area contributed by atoms with Crippen LogP contribution in [0.1, 0.15) is 6.42 Å². The van der Waals surface area contributed by atoms with Gasteiger partial charge < -0.3 is 10.5 Å². The van der Waals surface area contributed by atoms with Crippen molar-refractivity contribution in [2.24, 2.45) is 11.7 Å². The zero-order valence-corrected chi connectivity index (χ0v) is 8.50. The van der Waals surface area contributed by atoms with Gasteiger partial charge in [0.05, 0.1) is 13.2 Å². The predicted octanol–water partition coefficient (Wildman–Crippen LogP) is -0.393. The van der Waals surface area contributed by atoms with E-state index < -0.39 is 0 Å². The molecule has 0 aliphatic carbocycles. The third-order valence-electron chi connectivity index (χ3n) is 2.74. The number of nitrogens with two attached hydrogens (primary N) is 1. The van der Waals surface area contributed by atoms with Gasteiger partial charge in [0.1, 0.15) is 0 Å². The largest absolute Gasteiger partial charge is 0.381 e. The number of rotatable bonds is 3. The first kappa shape index (κ1) is 10.3. The van der Waals surface area contributed by atoms with E-state index in [1.807, 2.05) is 0 Å². The van der Waals surface area contributed by atoms with Gasteiger partial charge in [-0.1, -0.05) is 0 Å². The van der Waals surface area contributed by atoms with E-state index in [-0.39, 0.29) is 11.6 Å². The Kier molecular flexibility index (Phi) is 3.13. The fourth-order valence-electron chi connectivity index (χ4n) is 1.76. The van der Waals surface area contributed by atoms with Crippen molar-refractivity contribution >= 4 is 0 Å². The topological polar surface area (TPSA) is 70.1 Å². The molecule has 0 amide bonds. The molecule has 1 fully saturated rings. The summed E-state index contributed by atoms with van der Waals surface area (Å²) in [6.07, 6.45) is 2.57. The molecule has 0 radical (unpaired) electrons. The summed E-state index contributed by atoms with van der Waals surface area (Å²) in [6, 6.07) is 3.06. The Morgan fingerprint density at radius 1 is 1.73 bits per heavy atom. The summed E-state index contributed by atoms with van der Waals surface area (Å²) in [7, 11) is 0. The number of hydrogen-bond acceptors (Lipinski definition) is 4. The van der Waals surface area contributed by atoms with Crippen molar-refractivity contribution in [2.75, 3.05) is 13.2 Å². The van der Waals surface area contributed by atoms with Crippen LogP contribution in [0.3, 0.4) is 0 Å². The molecule has 2 rings (SSSR count). The van der Waals surface area contributed by atoms with Gasteiger partial charge in [-0.3, -0.25) is 4.79 Å². The first-order valence-electron chi connectivity index (χ1n) is 5.13. The molecule has 0 saturated carbocycles. The Morgan fingerprint density at radius 2 is 2.60 bits per heavy atom. The molecular weight excluding hydrogens is 194 g/mol. The van der Waals surface area contributed by atoms with Gasteiger partial charge in [0.15, 0.2) is 0 Å². The lowest BCUT2D eigenvalue weighted by Gasteiger charge is -2.17. The van der Waals surface area contributed by atoms with Crippen LogP contribution in [0.15, 0.2) is 23.1 Å². The van der Waals surface area contributed by atoms with Crippen LogP contribution in [0.4, 0.5) is 0 Å². The number of hydrogen-bond donors (Lipinski definition) is 1. The van der Waals surface area contributed by atoms with E-state index in [4.69, 9.17) is 10.5 Å². The lowest BCUT2D eigenvalue weighted by Crippen LogP contribution is -2.38. The van der Waals surface area contributed by atoms with Crippen molar-refractivity contribution in [2.45, 2.75) is 19.0 Å². The maximum atomic E-state index is 11.4. The van der Waals surface area contributed by atoms with Gasteiger partial charge in [0.25, 0.3) is 5.56 Å². The smallest absolute Gasteiger partial charge is 0.266 e. The second-order valence-corrected chi connectivity index (χ2v) is 3.83. The summed E-state index contributed by atoms with van der Waals surface area (Å²) >= 11 is 0. The molecule has 1 aliphatic heterocycles. The fourth-order valence-corrected chi connectivity index (χ4v) is 1.76. The van der Waals surface area contributed by atoms with Gasteiger partial charge in [-0.2, -0.15) is 5.10 Å². The van der Waals surface area contributed by atoms with Crippen LogP contribution >= 0.6 is 0 Å². The van der Waals surface area contributed by atoms with Crippen molar-refractivity contribution in [1.29, 1.82) is 0 Å². The van der Waals surface area contributed by atoms with Crippen LogP contribution in [0.2, 0.25) is 0 Å². The maximum Gasteiger partial charge on any atom is 0.266 e. The van der Waals surface area contributed by atoms with E-state index in [0.29, 0.717) is 19.1 Å². The molecule has 15 heavy (non-hydrogen) atoms. The molecule has 1 aromatic heterocycles. The van der Waals surface area contributed by atoms with Crippen molar-refractivity contribution in [3.63, 3.8) is 0 Å². The van der Waals surface area contributed by atoms with Crippen molar-refractivity contribution in [1.82, 2.24) is 9.78 Å². The molecule has 1 saturated heterocycles. The number of nitrogens with zero attached hydrogens (tertiary/aromatic N) is 2. The number of aromatic nitrogens is 2. The molecule has 2 atom stereocenters. The summed E-state index contributed by atoms with van der Waals surface area (Å²) in [5.74, 6) is 0.346. The van der Waals surface area contributed by atoms with Gasteiger partial charge in [0.2, 0.25) is 0 Å². The molecular formula is C10H15N3O2. The highest BCUT2D eigenvalue weighted by molar-refractivity contribution is 4.86. The van der Waals surface area contributed by atoms with E-state index >= 15 is 0 Å². The summed E-state index contributed by atoms with van der Waals surface area (Å²) in [4.78, 5) is 11.4. The molecule has 0 bridgehead atoms. The fraction of sp³-hybridized carbons (Fsp3) is 0.600. The van der Waals surface area contributed by atoms with Crippen molar-refractivity contribution in [3.8, 4) is 0 Å². The second-order valence-electron chi connectivity index (χ2n) is 3.83. The van der Waals surface area contributed by atoms with Gasteiger partial charge in [-0.05, 0) is 12.5 Å². The summed E-state index contributed by atoms with van der Waals surface area (Å²) in [5, 5.41) is 3.97. The van der Waals surface area contributed by atoms with Gasteiger partial charge in [-0.25, -0.2) is 4.68 Å². The van der Waals surface area contributed by atoms with Crippen LogP contribution in [0.5, 0.6) is 0 Å². The number of ether oxygens (including phenoxy) is 1. The van der Waals surface area contributed by atoms with Crippen LogP contribution < -0.4 is 11.3 Å². The molecule has 5 nitrogen and oxygen atoms in total. The Labute approximate surface area is 87.8 Å². The Bertz CT molecular complexity index is 371. The lowest BCUT2D eigenvalue weighted by molar-refractivity contribution is 0.178. The lowest BCUT2D eigenvalue weighted by atomic mass is 10.0. The quantitative estimate of drug-likeness (QED) is 0.736. The summed E-state index contributed by atoms with van der Waals surface area (Å²) < 4.78 is 6.66. The SMILES string of the molecule is NC(Cn1ncccc1=O)C1CCOC1. The van der Waals surface area contributed by atoms with Crippen molar-refractivity contribution in [3.05, 3.63) is 28.7 Å². The van der Waals surface area contributed by atoms with E-state index in [1.165, 1.54) is 10.7 Å². The minimum atomic E-state index is -0.105. The Balaban J connectivity index is 2.02. The summed E-state index contributed by atoms with van der Waals surface area (Å²) in [6.45, 7) is 1.94. The summed E-state index contributed by atoms with van der Waals surface area (Å²) in [5.41, 5.74) is 5.90. The van der Waals surface area contributed by atoms with Crippen LogP contribution in [-0.4, -0.2) is 29.0 Å². The monoisotopic (exact) mass is 209 g/mol. The zero-order chi connectivity index (χ0) is 10.7. The molecule has 82 valence electrons. The average molecular weight is 209 g/mol. The van der Waals surface area contributed by atoms with Crippen molar-refractivity contribution < 1.29 is 4.74 Å². The van der Waals surface area contributed by atoms with E-state index in [1.54, 1.807) is 12.3 Å². The molecule has 0 spiro atoms. The molecule has 0 aromatic carbocycles. The zero-order valence-electron chi connectivity index (χ0n) is 8.50. The first-order valence-corrected chi connectivity index (χ1v) is 5.13. The first-order chi connectivity index (χ1) is 7.27. The Morgan fingerprint density at radius 3 is 3.27 bits per heavy atom. The molecule has 5 heteroatoms.